The number of nitrogens with zero attached hydrogens (tertiary/aromatic N) is 4. The molecule has 0 radical (unpaired) electrons. The minimum absolute atomic E-state index is 0.228. The number of hydrogen-bond acceptors (Lipinski definition) is 4. The second-order valence-electron chi connectivity index (χ2n) is 9.65. The van der Waals surface area contributed by atoms with Gasteiger partial charge in [0.2, 0.25) is 0 Å². The maximum absolute atomic E-state index is 12.4. The predicted molar refractivity (Wildman–Crippen MR) is 127 cm³/mol. The summed E-state index contributed by atoms with van der Waals surface area (Å²) in [4.78, 5) is 22.1. The van der Waals surface area contributed by atoms with Crippen molar-refractivity contribution >= 4 is 28.0 Å². The van der Waals surface area contributed by atoms with Crippen molar-refractivity contribution in [1.29, 1.82) is 5.26 Å². The standard InChI is InChI=1S/C26H27N5O2/c1-26(2,3)33-25(32)30-10-8-18(9-11-30)21-15-28-22-6-5-19(13-20(21)22)31-16-29-23-12-17(14-27)4-7-24(23)31/h4-7,12-13,15-16,18,28H,8-11H2,1-3H3. The number of H-pyrrole nitrogens is 1. The van der Waals surface area contributed by atoms with Crippen LogP contribution in [0, 0.1) is 11.3 Å². The Morgan fingerprint density at radius 2 is 1.97 bits per heavy atom. The van der Waals surface area contributed by atoms with Crippen LogP contribution in [0.5, 0.6) is 0 Å². The van der Waals surface area contributed by atoms with Crippen molar-refractivity contribution in [3.05, 3.63) is 60.0 Å². The molecule has 1 N–H and O–H groups in total. The summed E-state index contributed by atoms with van der Waals surface area (Å²) in [5, 5.41) is 10.3. The van der Waals surface area contributed by atoms with E-state index in [1.807, 2.05) is 43.9 Å². The zero-order chi connectivity index (χ0) is 23.2. The van der Waals surface area contributed by atoms with Gasteiger partial charge in [0.25, 0.3) is 0 Å². The third-order valence-electron chi connectivity index (χ3n) is 6.24. The molecule has 0 spiro atoms. The van der Waals surface area contributed by atoms with Crippen molar-refractivity contribution in [2.75, 3.05) is 13.1 Å². The Kier molecular flexibility index (Phi) is 5.09. The number of piperidine rings is 1. The first-order chi connectivity index (χ1) is 15.8. The van der Waals surface area contributed by atoms with E-state index in [9.17, 15) is 4.79 Å². The van der Waals surface area contributed by atoms with E-state index in [1.165, 1.54) is 10.9 Å². The molecule has 0 aliphatic carbocycles. The van der Waals surface area contributed by atoms with Crippen LogP contribution in [0.15, 0.2) is 48.9 Å². The Bertz CT molecular complexity index is 1380. The van der Waals surface area contributed by atoms with Crippen molar-refractivity contribution in [1.82, 2.24) is 19.4 Å². The van der Waals surface area contributed by atoms with Gasteiger partial charge in [-0.1, -0.05) is 0 Å². The lowest BCUT2D eigenvalue weighted by Gasteiger charge is -2.33. The first-order valence-corrected chi connectivity index (χ1v) is 11.3. The number of nitriles is 1. The normalized spacial score (nSPS) is 15.2. The van der Waals surface area contributed by atoms with Crippen LogP contribution in [0.3, 0.4) is 0 Å². The quantitative estimate of drug-likeness (QED) is 0.445. The highest BCUT2D eigenvalue weighted by atomic mass is 16.6. The van der Waals surface area contributed by atoms with Crippen molar-refractivity contribution in [3.63, 3.8) is 0 Å². The molecule has 5 rings (SSSR count). The van der Waals surface area contributed by atoms with E-state index in [4.69, 9.17) is 10.00 Å². The number of carbonyl (C=O) groups excluding carboxylic acids is 1. The Hall–Kier alpha value is -3.79. The molecule has 0 atom stereocenters. The number of ether oxygens (including phenoxy) is 1. The molecule has 7 heteroatoms. The molecule has 1 saturated heterocycles. The fourth-order valence-electron chi connectivity index (χ4n) is 4.61. The van der Waals surface area contributed by atoms with Gasteiger partial charge in [-0.2, -0.15) is 5.26 Å². The number of hydrogen-bond donors (Lipinski definition) is 1. The first kappa shape index (κ1) is 21.1. The van der Waals surface area contributed by atoms with E-state index in [-0.39, 0.29) is 6.09 Å². The van der Waals surface area contributed by atoms with Gasteiger partial charge in [0.05, 0.1) is 22.7 Å². The number of nitrogens with one attached hydrogen (secondary N) is 1. The van der Waals surface area contributed by atoms with Crippen molar-refractivity contribution in [2.24, 2.45) is 0 Å². The van der Waals surface area contributed by atoms with Crippen LogP contribution in [0.25, 0.3) is 27.6 Å². The average molecular weight is 442 g/mol. The molecule has 168 valence electrons. The summed E-state index contributed by atoms with van der Waals surface area (Å²) in [5.74, 6) is 0.380. The van der Waals surface area contributed by atoms with Gasteiger partial charge in [-0.25, -0.2) is 9.78 Å². The molecule has 4 aromatic rings. The molecule has 7 nitrogen and oxygen atoms in total. The fraction of sp³-hybridized carbons (Fsp3) is 0.346. The van der Waals surface area contributed by atoms with Crippen LogP contribution in [0.1, 0.15) is 50.7 Å². The number of imidazole rings is 1. The summed E-state index contributed by atoms with van der Waals surface area (Å²) in [6.07, 6.45) is 5.49. The maximum Gasteiger partial charge on any atom is 0.410 e. The summed E-state index contributed by atoms with van der Waals surface area (Å²) >= 11 is 0. The molecular weight excluding hydrogens is 414 g/mol. The molecule has 2 aromatic heterocycles. The fourth-order valence-corrected chi connectivity index (χ4v) is 4.61. The number of amides is 1. The molecule has 0 unspecified atom stereocenters. The van der Waals surface area contributed by atoms with Crippen molar-refractivity contribution in [3.8, 4) is 11.8 Å². The van der Waals surface area contributed by atoms with Crippen LogP contribution < -0.4 is 0 Å². The highest BCUT2D eigenvalue weighted by Gasteiger charge is 2.28. The number of rotatable bonds is 2. The maximum atomic E-state index is 12.4. The number of fused-ring (bicyclic) bond motifs is 2. The molecule has 1 aliphatic rings. The average Bonchev–Trinajstić information content (AvgIpc) is 3.41. The van der Waals surface area contributed by atoms with Gasteiger partial charge in [-0.15, -0.1) is 0 Å². The highest BCUT2D eigenvalue weighted by Crippen LogP contribution is 2.35. The van der Waals surface area contributed by atoms with E-state index in [2.05, 4.69) is 45.0 Å². The van der Waals surface area contributed by atoms with Crippen LogP contribution in [-0.2, 0) is 4.74 Å². The second-order valence-corrected chi connectivity index (χ2v) is 9.65. The third-order valence-corrected chi connectivity index (χ3v) is 6.24. The molecule has 1 fully saturated rings. The molecule has 1 amide bonds. The Morgan fingerprint density at radius 3 is 2.70 bits per heavy atom. The number of aromatic nitrogens is 3. The van der Waals surface area contributed by atoms with Crippen molar-refractivity contribution in [2.45, 2.75) is 45.1 Å². The molecule has 2 aromatic carbocycles. The zero-order valence-electron chi connectivity index (χ0n) is 19.1. The first-order valence-electron chi connectivity index (χ1n) is 11.3. The van der Waals surface area contributed by atoms with Gasteiger partial charge in [-0.3, -0.25) is 4.57 Å². The minimum atomic E-state index is -0.477. The van der Waals surface area contributed by atoms with Crippen LogP contribution >= 0.6 is 0 Å². The number of carbonyl (C=O) groups is 1. The van der Waals surface area contributed by atoms with E-state index >= 15 is 0 Å². The molecule has 0 bridgehead atoms. The van der Waals surface area contributed by atoms with Gasteiger partial charge in [0.1, 0.15) is 11.9 Å². The summed E-state index contributed by atoms with van der Waals surface area (Å²) in [7, 11) is 0. The van der Waals surface area contributed by atoms with Gasteiger partial charge in [0.15, 0.2) is 0 Å². The monoisotopic (exact) mass is 441 g/mol. The largest absolute Gasteiger partial charge is 0.444 e. The zero-order valence-corrected chi connectivity index (χ0v) is 19.1. The highest BCUT2D eigenvalue weighted by molar-refractivity contribution is 5.87. The van der Waals surface area contributed by atoms with Gasteiger partial charge in [0, 0.05) is 35.9 Å². The lowest BCUT2D eigenvalue weighted by atomic mass is 9.89. The molecule has 0 saturated carbocycles. The van der Waals surface area contributed by atoms with Crippen molar-refractivity contribution < 1.29 is 9.53 Å². The number of likely N-dealkylation sites (tertiary alicyclic amines) is 1. The van der Waals surface area contributed by atoms with Crippen LogP contribution in [0.4, 0.5) is 4.79 Å². The number of aromatic amines is 1. The Labute approximate surface area is 192 Å². The summed E-state index contributed by atoms with van der Waals surface area (Å²) in [6, 6.07) is 14.1. The topological polar surface area (TPSA) is 86.9 Å². The Morgan fingerprint density at radius 1 is 1.18 bits per heavy atom. The molecule has 3 heterocycles. The lowest BCUT2D eigenvalue weighted by Crippen LogP contribution is -2.41. The summed E-state index contributed by atoms with van der Waals surface area (Å²) in [5.41, 5.74) is 5.31. The minimum Gasteiger partial charge on any atom is -0.444 e. The van der Waals surface area contributed by atoms with Crippen LogP contribution in [-0.4, -0.2) is 44.2 Å². The summed E-state index contributed by atoms with van der Waals surface area (Å²) < 4.78 is 7.59. The van der Waals surface area contributed by atoms with Crippen LogP contribution in [0.2, 0.25) is 0 Å². The van der Waals surface area contributed by atoms with E-state index in [0.717, 1.165) is 35.1 Å². The van der Waals surface area contributed by atoms with Gasteiger partial charge >= 0.3 is 6.09 Å². The number of benzene rings is 2. The smallest absolute Gasteiger partial charge is 0.410 e. The third kappa shape index (κ3) is 4.05. The lowest BCUT2D eigenvalue weighted by molar-refractivity contribution is 0.0205. The molecular formula is C26H27N5O2. The molecule has 1 aliphatic heterocycles. The van der Waals surface area contributed by atoms with Gasteiger partial charge in [-0.05, 0) is 81.5 Å². The van der Waals surface area contributed by atoms with E-state index in [1.54, 1.807) is 6.33 Å². The van der Waals surface area contributed by atoms with E-state index in [0.29, 0.717) is 24.6 Å². The summed E-state index contributed by atoms with van der Waals surface area (Å²) in [6.45, 7) is 7.08. The van der Waals surface area contributed by atoms with Gasteiger partial charge < -0.3 is 14.6 Å². The SMILES string of the molecule is CC(C)(C)OC(=O)N1CCC(c2c[nH]c3ccc(-n4cnc5cc(C#N)ccc54)cc23)CC1. The van der Waals surface area contributed by atoms with E-state index < -0.39 is 5.60 Å². The second kappa shape index (κ2) is 7.96. The molecule has 33 heavy (non-hydrogen) atoms. The Balaban J connectivity index is 1.40. The predicted octanol–water partition coefficient (Wildman–Crippen LogP) is 5.49.